The number of hydrogen-bond acceptors (Lipinski definition) is 6. The fraction of sp³-hybridized carbons (Fsp3) is 0.321. The normalized spacial score (nSPS) is 15.1. The Balaban J connectivity index is 0.00000337. The van der Waals surface area contributed by atoms with Crippen molar-refractivity contribution in [2.24, 2.45) is 0 Å². The SMILES string of the molecule is CNC(=O)c1ncn2c1COc1c-2ccc(F)c1CCN1CCN(c2cccc3nc(C(F)(F)F)ccc23)CC1.Cl. The van der Waals surface area contributed by atoms with Crippen LogP contribution >= 0.6 is 12.4 Å². The van der Waals surface area contributed by atoms with Crippen LogP contribution in [0.2, 0.25) is 0 Å². The molecule has 2 aliphatic heterocycles. The highest BCUT2D eigenvalue weighted by atomic mass is 35.5. The van der Waals surface area contributed by atoms with Crippen LogP contribution in [0.15, 0.2) is 48.8 Å². The summed E-state index contributed by atoms with van der Waals surface area (Å²) in [6.45, 7) is 3.48. The summed E-state index contributed by atoms with van der Waals surface area (Å²) < 4.78 is 62.0. The average molecular weight is 591 g/mol. The van der Waals surface area contributed by atoms with Gasteiger partial charge in [-0.25, -0.2) is 14.4 Å². The molecule has 1 saturated heterocycles. The van der Waals surface area contributed by atoms with Gasteiger partial charge in [-0.15, -0.1) is 12.4 Å². The van der Waals surface area contributed by atoms with E-state index in [1.807, 2.05) is 6.07 Å². The maximum Gasteiger partial charge on any atom is 0.433 e. The molecule has 0 spiro atoms. The molecule has 4 heterocycles. The number of pyridine rings is 1. The molecule has 2 aromatic carbocycles. The number of aromatic nitrogens is 3. The number of anilines is 1. The summed E-state index contributed by atoms with van der Waals surface area (Å²) in [4.78, 5) is 24.5. The number of ether oxygens (including phenoxy) is 1. The number of carbonyl (C=O) groups excluding carboxylic acids is 1. The Morgan fingerprint density at radius 1 is 1.05 bits per heavy atom. The van der Waals surface area contributed by atoms with Crippen molar-refractivity contribution in [3.05, 3.63) is 77.3 Å². The third-order valence-electron chi connectivity index (χ3n) is 7.49. The van der Waals surface area contributed by atoms with Crippen LogP contribution in [0.5, 0.6) is 5.75 Å². The summed E-state index contributed by atoms with van der Waals surface area (Å²) in [6.07, 6.45) is -2.51. The van der Waals surface area contributed by atoms with Gasteiger partial charge in [0, 0.05) is 56.4 Å². The van der Waals surface area contributed by atoms with Crippen LogP contribution in [0.4, 0.5) is 23.2 Å². The summed E-state index contributed by atoms with van der Waals surface area (Å²) in [6, 6.07) is 10.7. The van der Waals surface area contributed by atoms with Crippen LogP contribution in [0.25, 0.3) is 16.6 Å². The van der Waals surface area contributed by atoms with Gasteiger partial charge in [0.15, 0.2) is 5.69 Å². The van der Waals surface area contributed by atoms with Gasteiger partial charge in [0.25, 0.3) is 5.91 Å². The monoisotopic (exact) mass is 590 g/mol. The van der Waals surface area contributed by atoms with Crippen molar-refractivity contribution in [1.29, 1.82) is 0 Å². The molecule has 0 radical (unpaired) electrons. The van der Waals surface area contributed by atoms with E-state index in [1.54, 1.807) is 29.1 Å². The molecular formula is C28H27ClF4N6O2. The van der Waals surface area contributed by atoms with Crippen molar-refractivity contribution in [1.82, 2.24) is 24.8 Å². The summed E-state index contributed by atoms with van der Waals surface area (Å²) >= 11 is 0. The Bertz CT molecular complexity index is 1600. The topological polar surface area (TPSA) is 75.5 Å². The number of halogens is 5. The highest BCUT2D eigenvalue weighted by Crippen LogP contribution is 2.36. The molecular weight excluding hydrogens is 564 g/mol. The van der Waals surface area contributed by atoms with Crippen LogP contribution in [-0.2, 0) is 19.2 Å². The number of nitrogens with one attached hydrogen (secondary N) is 1. The molecule has 216 valence electrons. The van der Waals surface area contributed by atoms with Gasteiger partial charge < -0.3 is 15.0 Å². The first-order valence-corrected chi connectivity index (χ1v) is 12.9. The fourth-order valence-corrected chi connectivity index (χ4v) is 5.40. The number of carbonyl (C=O) groups is 1. The Kier molecular flexibility index (Phi) is 7.80. The summed E-state index contributed by atoms with van der Waals surface area (Å²) in [5, 5.41) is 3.24. The number of amides is 1. The molecule has 0 unspecified atom stereocenters. The second-order valence-electron chi connectivity index (χ2n) is 9.77. The van der Waals surface area contributed by atoms with Gasteiger partial charge in [0.1, 0.15) is 30.2 Å². The lowest BCUT2D eigenvalue weighted by Crippen LogP contribution is -2.47. The number of imidazole rings is 1. The number of hydrogen-bond donors (Lipinski definition) is 1. The maximum atomic E-state index is 15.0. The molecule has 6 rings (SSSR count). The Morgan fingerprint density at radius 3 is 2.56 bits per heavy atom. The second kappa shape index (κ2) is 11.2. The fourth-order valence-electron chi connectivity index (χ4n) is 5.40. The Morgan fingerprint density at radius 2 is 1.83 bits per heavy atom. The van der Waals surface area contributed by atoms with Crippen LogP contribution in [0.1, 0.15) is 27.4 Å². The van der Waals surface area contributed by atoms with E-state index in [0.29, 0.717) is 72.7 Å². The lowest BCUT2D eigenvalue weighted by molar-refractivity contribution is -0.140. The first-order chi connectivity index (χ1) is 19.2. The van der Waals surface area contributed by atoms with Gasteiger partial charge in [-0.05, 0) is 42.8 Å². The highest BCUT2D eigenvalue weighted by molar-refractivity contribution is 5.93. The van der Waals surface area contributed by atoms with E-state index in [2.05, 4.69) is 25.1 Å². The zero-order valence-electron chi connectivity index (χ0n) is 22.0. The van der Waals surface area contributed by atoms with Crippen LogP contribution in [-0.4, -0.2) is 65.1 Å². The highest BCUT2D eigenvalue weighted by Gasteiger charge is 2.33. The number of piperazine rings is 1. The van der Waals surface area contributed by atoms with Gasteiger partial charge in [-0.1, -0.05) is 6.07 Å². The number of rotatable bonds is 5. The zero-order valence-corrected chi connectivity index (χ0v) is 22.9. The molecule has 2 aromatic heterocycles. The number of alkyl halides is 3. The predicted molar refractivity (Wildman–Crippen MR) is 148 cm³/mol. The van der Waals surface area contributed by atoms with Crippen molar-refractivity contribution in [2.45, 2.75) is 19.2 Å². The van der Waals surface area contributed by atoms with E-state index in [4.69, 9.17) is 4.74 Å². The first-order valence-electron chi connectivity index (χ1n) is 12.9. The molecule has 1 N–H and O–H groups in total. The quantitative estimate of drug-likeness (QED) is 0.342. The molecule has 0 aliphatic carbocycles. The summed E-state index contributed by atoms with van der Waals surface area (Å²) in [5.41, 5.74) is 2.26. The smallest absolute Gasteiger partial charge is 0.433 e. The number of benzene rings is 2. The van der Waals surface area contributed by atoms with Gasteiger partial charge in [0.2, 0.25) is 0 Å². The van der Waals surface area contributed by atoms with Gasteiger partial charge in [-0.3, -0.25) is 14.3 Å². The van der Waals surface area contributed by atoms with Crippen molar-refractivity contribution in [3.8, 4) is 11.4 Å². The van der Waals surface area contributed by atoms with Crippen LogP contribution < -0.4 is 15.0 Å². The van der Waals surface area contributed by atoms with Crippen LogP contribution in [0, 0.1) is 5.82 Å². The van der Waals surface area contributed by atoms with Crippen LogP contribution in [0.3, 0.4) is 0 Å². The molecule has 1 amide bonds. The number of fused-ring (bicyclic) bond motifs is 4. The zero-order chi connectivity index (χ0) is 28.0. The molecule has 8 nitrogen and oxygen atoms in total. The molecule has 1 fully saturated rings. The summed E-state index contributed by atoms with van der Waals surface area (Å²) in [5.74, 6) is -0.212. The van der Waals surface area contributed by atoms with Gasteiger partial charge in [0.05, 0.1) is 16.9 Å². The van der Waals surface area contributed by atoms with Crippen molar-refractivity contribution in [2.75, 3.05) is 44.7 Å². The predicted octanol–water partition coefficient (Wildman–Crippen LogP) is 4.62. The Hall–Kier alpha value is -3.90. The third-order valence-corrected chi connectivity index (χ3v) is 7.49. The van der Waals surface area contributed by atoms with E-state index in [1.165, 1.54) is 19.2 Å². The van der Waals surface area contributed by atoms with E-state index in [0.717, 1.165) is 11.8 Å². The lowest BCUT2D eigenvalue weighted by atomic mass is 10.1. The molecule has 0 saturated carbocycles. The van der Waals surface area contributed by atoms with Crippen molar-refractivity contribution >= 4 is 34.9 Å². The molecule has 13 heteroatoms. The van der Waals surface area contributed by atoms with E-state index >= 15 is 0 Å². The van der Waals surface area contributed by atoms with Gasteiger partial charge >= 0.3 is 6.18 Å². The number of nitrogens with zero attached hydrogens (tertiary/aromatic N) is 5. The molecule has 2 aliphatic rings. The standard InChI is InChI=1S/C28H26F4N6O2.ClH/c1-33-27(39)25-23-15-40-26-17(19(29)6-7-22(26)38(23)16-34-25)9-10-36-11-13-37(14-12-36)21-4-2-3-20-18(21)5-8-24(35-20)28(30,31)32;/h2-8,16H,9-15H2,1H3,(H,33,39);1H. The molecule has 41 heavy (non-hydrogen) atoms. The molecule has 4 aromatic rings. The third kappa shape index (κ3) is 5.29. The van der Waals surface area contributed by atoms with Crippen molar-refractivity contribution < 1.29 is 27.1 Å². The summed E-state index contributed by atoms with van der Waals surface area (Å²) in [7, 11) is 1.53. The largest absolute Gasteiger partial charge is 0.485 e. The molecule has 0 atom stereocenters. The minimum atomic E-state index is -4.49. The Labute approximate surface area is 239 Å². The second-order valence-corrected chi connectivity index (χ2v) is 9.77. The van der Waals surface area contributed by atoms with E-state index < -0.39 is 11.9 Å². The van der Waals surface area contributed by atoms with E-state index in [-0.39, 0.29) is 36.4 Å². The lowest BCUT2D eigenvalue weighted by Gasteiger charge is -2.36. The first kappa shape index (κ1) is 28.6. The van der Waals surface area contributed by atoms with E-state index in [9.17, 15) is 22.4 Å². The molecule has 0 bridgehead atoms. The van der Waals surface area contributed by atoms with Crippen molar-refractivity contribution in [3.63, 3.8) is 0 Å². The minimum Gasteiger partial charge on any atom is -0.485 e. The minimum absolute atomic E-state index is 0. The average Bonchev–Trinajstić information content (AvgIpc) is 3.40. The van der Waals surface area contributed by atoms with Gasteiger partial charge in [-0.2, -0.15) is 13.2 Å². The maximum absolute atomic E-state index is 15.0.